The van der Waals surface area contributed by atoms with Crippen LogP contribution in [0.5, 0.6) is 0 Å². The highest BCUT2D eigenvalue weighted by Gasteiger charge is 2.41. The van der Waals surface area contributed by atoms with E-state index in [9.17, 15) is 9.59 Å². The van der Waals surface area contributed by atoms with Crippen LogP contribution in [-0.2, 0) is 14.3 Å². The van der Waals surface area contributed by atoms with Gasteiger partial charge < -0.3 is 14.4 Å². The molecule has 229 valence electrons. The standard InChI is InChI=1S/C36H57N2O3/c1-7-11-22-37(23-12-8-2)36(40)26-38-25-33(28(6)34(38)20-14-29(13-9-3)24-27(5)39)31-17-19-32(30-15-16-30)35(21-18-31)41-10-4/h15-17,19,21,28-29,33-34H,7-14,18,20,22-26H2,1-6H3/t28-,29?,33+,34+/m1/s1. The number of carbonyl (C=O) groups excluding carboxylic acids is 2. The molecule has 3 aliphatic rings. The Morgan fingerprint density at radius 3 is 2.32 bits per heavy atom. The number of allylic oxidation sites excluding steroid dienone is 5. The van der Waals surface area contributed by atoms with Gasteiger partial charge in [-0.2, -0.15) is 0 Å². The lowest BCUT2D eigenvalue weighted by Gasteiger charge is -2.31. The maximum absolute atomic E-state index is 13.7. The Kier molecular flexibility index (Phi) is 13.9. The van der Waals surface area contributed by atoms with E-state index in [4.69, 9.17) is 4.74 Å². The fraction of sp³-hybridized carbons (Fsp3) is 0.694. The maximum atomic E-state index is 13.7. The van der Waals surface area contributed by atoms with E-state index in [-0.39, 0.29) is 5.91 Å². The van der Waals surface area contributed by atoms with Crippen LogP contribution >= 0.6 is 0 Å². The molecular weight excluding hydrogens is 508 g/mol. The average molecular weight is 566 g/mol. The number of ketones is 1. The fourth-order valence-electron chi connectivity index (χ4n) is 6.83. The van der Waals surface area contributed by atoms with Crippen LogP contribution in [0, 0.1) is 24.2 Å². The lowest BCUT2D eigenvalue weighted by Crippen LogP contribution is -2.44. The molecule has 4 atom stereocenters. The third-order valence-electron chi connectivity index (χ3n) is 9.21. The molecule has 2 aliphatic carbocycles. The zero-order chi connectivity index (χ0) is 29.8. The van der Waals surface area contributed by atoms with Gasteiger partial charge >= 0.3 is 0 Å². The smallest absolute Gasteiger partial charge is 0.236 e. The topological polar surface area (TPSA) is 49.9 Å². The molecule has 1 heterocycles. The van der Waals surface area contributed by atoms with Gasteiger partial charge in [0.2, 0.25) is 5.91 Å². The van der Waals surface area contributed by atoms with Crippen molar-refractivity contribution in [1.29, 1.82) is 0 Å². The number of ether oxygens (including phenoxy) is 1. The minimum Gasteiger partial charge on any atom is -0.494 e. The highest BCUT2D eigenvalue weighted by Crippen LogP contribution is 2.41. The van der Waals surface area contributed by atoms with Gasteiger partial charge in [-0.05, 0) is 75.4 Å². The van der Waals surface area contributed by atoms with E-state index in [0.717, 1.165) is 83.2 Å². The zero-order valence-electron chi connectivity index (χ0n) is 26.9. The van der Waals surface area contributed by atoms with Crippen LogP contribution in [0.3, 0.4) is 0 Å². The third-order valence-corrected chi connectivity index (χ3v) is 9.21. The number of hydrogen-bond acceptors (Lipinski definition) is 4. The van der Waals surface area contributed by atoms with Crippen LogP contribution in [0.4, 0.5) is 0 Å². The van der Waals surface area contributed by atoms with Crippen molar-refractivity contribution in [3.8, 4) is 0 Å². The predicted octanol–water partition coefficient (Wildman–Crippen LogP) is 7.85. The van der Waals surface area contributed by atoms with E-state index >= 15 is 0 Å². The Morgan fingerprint density at radius 2 is 1.73 bits per heavy atom. The van der Waals surface area contributed by atoms with Crippen molar-refractivity contribution >= 4 is 11.7 Å². The molecule has 0 N–H and O–H groups in total. The van der Waals surface area contributed by atoms with Gasteiger partial charge in [-0.1, -0.05) is 77.2 Å². The summed E-state index contributed by atoms with van der Waals surface area (Å²) in [6.45, 7) is 16.6. The summed E-state index contributed by atoms with van der Waals surface area (Å²) in [5.41, 5.74) is 3.89. The van der Waals surface area contributed by atoms with Crippen molar-refractivity contribution in [2.45, 2.75) is 112 Å². The first-order valence-electron chi connectivity index (χ1n) is 16.6. The van der Waals surface area contributed by atoms with Crippen LogP contribution in [0.25, 0.3) is 0 Å². The van der Waals surface area contributed by atoms with Crippen molar-refractivity contribution in [2.75, 3.05) is 32.8 Å². The molecule has 1 aliphatic heterocycles. The minimum atomic E-state index is 0.283. The molecule has 5 heteroatoms. The van der Waals surface area contributed by atoms with Crippen molar-refractivity contribution in [3.05, 3.63) is 53.2 Å². The van der Waals surface area contributed by atoms with Gasteiger partial charge in [0.05, 0.1) is 13.2 Å². The zero-order valence-corrected chi connectivity index (χ0v) is 26.9. The van der Waals surface area contributed by atoms with Gasteiger partial charge in [-0.15, -0.1) is 0 Å². The number of nitrogens with zero attached hydrogens (tertiary/aromatic N) is 2. The molecule has 3 rings (SSSR count). The van der Waals surface area contributed by atoms with Crippen LogP contribution in [0.2, 0.25) is 0 Å². The molecule has 0 bridgehead atoms. The van der Waals surface area contributed by atoms with E-state index in [0.29, 0.717) is 49.2 Å². The molecule has 1 amide bonds. The SMILES string of the molecule is CCCCN(CCCC)C(=O)CN1C[C@H](C2=CC=C(C3=C[CH]3)C(OCC)=CC2)[C@@H](C)[C@@H]1CCC(CCC)CC(C)=O. The second kappa shape index (κ2) is 17.1. The van der Waals surface area contributed by atoms with Gasteiger partial charge in [0, 0.05) is 44.1 Å². The van der Waals surface area contributed by atoms with E-state index in [1.54, 1.807) is 6.92 Å². The van der Waals surface area contributed by atoms with Gasteiger partial charge in [-0.25, -0.2) is 0 Å². The van der Waals surface area contributed by atoms with E-state index < -0.39 is 0 Å². The molecule has 0 aromatic rings. The summed E-state index contributed by atoms with van der Waals surface area (Å²) < 4.78 is 6.03. The lowest BCUT2D eigenvalue weighted by molar-refractivity contribution is -0.133. The molecule has 41 heavy (non-hydrogen) atoms. The summed E-state index contributed by atoms with van der Waals surface area (Å²) in [5, 5.41) is 0. The normalized spacial score (nSPS) is 23.2. The number of rotatable bonds is 19. The molecule has 0 aromatic carbocycles. The Hall–Kier alpha value is -2.14. The van der Waals surface area contributed by atoms with E-state index in [1.807, 2.05) is 6.92 Å². The van der Waals surface area contributed by atoms with Crippen molar-refractivity contribution in [2.24, 2.45) is 17.8 Å². The monoisotopic (exact) mass is 565 g/mol. The fourth-order valence-corrected chi connectivity index (χ4v) is 6.83. The second-order valence-electron chi connectivity index (χ2n) is 12.5. The summed E-state index contributed by atoms with van der Waals surface area (Å²) in [7, 11) is 0. The largest absolute Gasteiger partial charge is 0.494 e. The summed E-state index contributed by atoms with van der Waals surface area (Å²) in [6, 6.07) is 0.344. The van der Waals surface area contributed by atoms with Crippen LogP contribution in [0.1, 0.15) is 106 Å². The van der Waals surface area contributed by atoms with E-state index in [2.05, 4.69) is 68.2 Å². The summed E-state index contributed by atoms with van der Waals surface area (Å²) >= 11 is 0. The number of Topliss-reactive ketones (excluding diaryl/α,β-unsaturated/α-hetero) is 1. The minimum absolute atomic E-state index is 0.283. The first-order chi connectivity index (χ1) is 19.8. The summed E-state index contributed by atoms with van der Waals surface area (Å²) in [6.07, 6.45) is 21.3. The highest BCUT2D eigenvalue weighted by molar-refractivity contribution is 5.78. The molecule has 0 saturated carbocycles. The number of unbranched alkanes of at least 4 members (excludes halogenated alkanes) is 2. The Bertz CT molecular complexity index is 983. The van der Waals surface area contributed by atoms with Crippen LogP contribution < -0.4 is 0 Å². The number of likely N-dealkylation sites (tertiary alicyclic amines) is 1. The second-order valence-corrected chi connectivity index (χ2v) is 12.5. The van der Waals surface area contributed by atoms with Gasteiger partial charge in [0.1, 0.15) is 11.5 Å². The molecule has 0 aromatic heterocycles. The van der Waals surface area contributed by atoms with Crippen molar-refractivity contribution in [1.82, 2.24) is 9.80 Å². The average Bonchev–Trinajstić information content (AvgIpc) is 3.75. The lowest BCUT2D eigenvalue weighted by atomic mass is 9.82. The Labute approximate surface area is 251 Å². The Balaban J connectivity index is 1.82. The summed E-state index contributed by atoms with van der Waals surface area (Å²) in [4.78, 5) is 30.3. The third kappa shape index (κ3) is 9.98. The predicted molar refractivity (Wildman–Crippen MR) is 170 cm³/mol. The van der Waals surface area contributed by atoms with Crippen LogP contribution in [-0.4, -0.2) is 60.3 Å². The first kappa shape index (κ1) is 33.4. The Morgan fingerprint density at radius 1 is 1.02 bits per heavy atom. The molecule has 1 radical (unpaired) electrons. The summed E-state index contributed by atoms with van der Waals surface area (Å²) in [5.74, 6) is 2.85. The molecule has 0 spiro atoms. The molecule has 5 nitrogen and oxygen atoms in total. The first-order valence-corrected chi connectivity index (χ1v) is 16.6. The maximum Gasteiger partial charge on any atom is 0.236 e. The highest BCUT2D eigenvalue weighted by atomic mass is 16.5. The molecular formula is C36H57N2O3. The van der Waals surface area contributed by atoms with Crippen molar-refractivity contribution < 1.29 is 14.3 Å². The van der Waals surface area contributed by atoms with Gasteiger partial charge in [-0.3, -0.25) is 9.69 Å². The quantitative estimate of drug-likeness (QED) is 0.160. The van der Waals surface area contributed by atoms with E-state index in [1.165, 1.54) is 16.7 Å². The molecule has 1 fully saturated rings. The number of amides is 1. The number of carbonyl (C=O) groups is 2. The van der Waals surface area contributed by atoms with Crippen molar-refractivity contribution in [3.63, 3.8) is 0 Å². The van der Waals surface area contributed by atoms with Gasteiger partial charge in [0.15, 0.2) is 0 Å². The molecule has 1 saturated heterocycles. The van der Waals surface area contributed by atoms with Gasteiger partial charge in [0.25, 0.3) is 0 Å². The molecule has 1 unspecified atom stereocenters. The number of hydrogen-bond donors (Lipinski definition) is 0. The van der Waals surface area contributed by atoms with Crippen LogP contribution in [0.15, 0.2) is 46.8 Å².